The highest BCUT2D eigenvalue weighted by molar-refractivity contribution is 7.98. The summed E-state index contributed by atoms with van der Waals surface area (Å²) in [5.41, 5.74) is 3.77. The van der Waals surface area contributed by atoms with Gasteiger partial charge in [-0.15, -0.1) is 11.8 Å². The number of fused-ring (bicyclic) bond motifs is 1. The SMILES string of the molecule is COc1cccc(C(CNC(=O)c2ccccc2SC)c2c[nH]c3ccccc23)c1OC. The van der Waals surface area contributed by atoms with Gasteiger partial charge >= 0.3 is 0 Å². The lowest BCUT2D eigenvalue weighted by molar-refractivity contribution is 0.0949. The molecule has 4 rings (SSSR count). The Bertz CT molecular complexity index is 1230. The molecule has 0 aliphatic heterocycles. The van der Waals surface area contributed by atoms with Crippen LogP contribution in [0.2, 0.25) is 0 Å². The zero-order valence-electron chi connectivity index (χ0n) is 18.3. The molecular weight excluding hydrogens is 420 g/mol. The van der Waals surface area contributed by atoms with Gasteiger partial charge < -0.3 is 19.8 Å². The van der Waals surface area contributed by atoms with E-state index in [1.165, 1.54) is 0 Å². The van der Waals surface area contributed by atoms with Crippen molar-refractivity contribution in [2.45, 2.75) is 10.8 Å². The van der Waals surface area contributed by atoms with Crippen LogP contribution in [0.1, 0.15) is 27.4 Å². The third-order valence-corrected chi connectivity index (χ3v) is 6.42. The molecule has 32 heavy (non-hydrogen) atoms. The molecule has 164 valence electrons. The van der Waals surface area contributed by atoms with Gasteiger partial charge in [-0.2, -0.15) is 0 Å². The van der Waals surface area contributed by atoms with E-state index < -0.39 is 0 Å². The summed E-state index contributed by atoms with van der Waals surface area (Å²) in [5, 5.41) is 4.26. The third-order valence-electron chi connectivity index (χ3n) is 5.62. The van der Waals surface area contributed by atoms with Crippen molar-refractivity contribution in [1.82, 2.24) is 10.3 Å². The predicted molar refractivity (Wildman–Crippen MR) is 130 cm³/mol. The van der Waals surface area contributed by atoms with Crippen molar-refractivity contribution in [1.29, 1.82) is 0 Å². The van der Waals surface area contributed by atoms with Gasteiger partial charge in [-0.25, -0.2) is 0 Å². The van der Waals surface area contributed by atoms with Gasteiger partial charge in [0.1, 0.15) is 0 Å². The molecule has 3 aromatic carbocycles. The standard InChI is InChI=1S/C26H26N2O3S/c1-30-23-13-8-11-18(25(23)31-2)21(20-15-27-22-12-6-4-9-17(20)22)16-28-26(29)19-10-5-7-14-24(19)32-3/h4-15,21,27H,16H2,1-3H3,(H,28,29). The second kappa shape index (κ2) is 9.83. The maximum atomic E-state index is 13.1. The normalized spacial score (nSPS) is 11.8. The van der Waals surface area contributed by atoms with Crippen LogP contribution in [0.15, 0.2) is 77.8 Å². The zero-order chi connectivity index (χ0) is 22.5. The van der Waals surface area contributed by atoms with E-state index in [1.807, 2.05) is 73.1 Å². The summed E-state index contributed by atoms with van der Waals surface area (Å²) in [4.78, 5) is 17.4. The Morgan fingerprint density at radius 2 is 1.75 bits per heavy atom. The molecule has 1 atom stereocenters. The fourth-order valence-corrected chi connectivity index (χ4v) is 4.67. The average molecular weight is 447 g/mol. The molecule has 0 aliphatic rings. The van der Waals surface area contributed by atoms with Gasteiger partial charge in [0.2, 0.25) is 0 Å². The van der Waals surface area contributed by atoms with Gasteiger partial charge in [0.25, 0.3) is 5.91 Å². The van der Waals surface area contributed by atoms with E-state index in [-0.39, 0.29) is 11.8 Å². The van der Waals surface area contributed by atoms with Gasteiger partial charge in [0, 0.05) is 40.0 Å². The number of carbonyl (C=O) groups excluding carboxylic acids is 1. The Kier molecular flexibility index (Phi) is 6.71. The van der Waals surface area contributed by atoms with Crippen LogP contribution in [0.3, 0.4) is 0 Å². The quantitative estimate of drug-likeness (QED) is 0.352. The lowest BCUT2D eigenvalue weighted by atomic mass is 9.89. The Hall–Kier alpha value is -3.38. The first kappa shape index (κ1) is 21.8. The van der Waals surface area contributed by atoms with Gasteiger partial charge in [-0.3, -0.25) is 4.79 Å². The number of nitrogens with one attached hydrogen (secondary N) is 2. The molecule has 1 aromatic heterocycles. The number of hydrogen-bond donors (Lipinski definition) is 2. The molecular formula is C26H26N2O3S. The van der Waals surface area contributed by atoms with E-state index in [9.17, 15) is 4.79 Å². The van der Waals surface area contributed by atoms with Gasteiger partial charge in [-0.1, -0.05) is 42.5 Å². The topological polar surface area (TPSA) is 63.3 Å². The molecule has 1 amide bonds. The number of rotatable bonds is 8. The smallest absolute Gasteiger partial charge is 0.252 e. The van der Waals surface area contributed by atoms with Crippen molar-refractivity contribution < 1.29 is 14.3 Å². The highest BCUT2D eigenvalue weighted by atomic mass is 32.2. The summed E-state index contributed by atoms with van der Waals surface area (Å²) in [6.07, 6.45) is 3.98. The second-order valence-corrected chi connectivity index (χ2v) is 8.18. The Morgan fingerprint density at radius 1 is 0.969 bits per heavy atom. The van der Waals surface area contributed by atoms with Gasteiger partial charge in [-0.05, 0) is 36.1 Å². The molecule has 0 saturated heterocycles. The number of ether oxygens (including phenoxy) is 2. The fourth-order valence-electron chi connectivity index (χ4n) is 4.08. The van der Waals surface area contributed by atoms with Crippen LogP contribution in [0.5, 0.6) is 11.5 Å². The molecule has 0 radical (unpaired) electrons. The molecule has 6 heteroatoms. The summed E-state index contributed by atoms with van der Waals surface area (Å²) < 4.78 is 11.3. The molecule has 5 nitrogen and oxygen atoms in total. The van der Waals surface area contributed by atoms with Crippen molar-refractivity contribution >= 4 is 28.6 Å². The van der Waals surface area contributed by atoms with E-state index in [0.29, 0.717) is 23.6 Å². The molecule has 0 aliphatic carbocycles. The second-order valence-electron chi connectivity index (χ2n) is 7.34. The number of aromatic nitrogens is 1. The summed E-state index contributed by atoms with van der Waals surface area (Å²) in [5.74, 6) is 1.10. The lowest BCUT2D eigenvalue weighted by Gasteiger charge is -2.22. The Labute approximate surface area is 192 Å². The van der Waals surface area contributed by atoms with E-state index in [0.717, 1.165) is 26.9 Å². The molecule has 0 saturated carbocycles. The minimum absolute atomic E-state index is 0.0957. The van der Waals surface area contributed by atoms with Crippen LogP contribution in [0.25, 0.3) is 10.9 Å². The predicted octanol–water partition coefficient (Wildman–Crippen LogP) is 5.47. The number of aromatic amines is 1. The fraction of sp³-hybridized carbons (Fsp3) is 0.192. The summed E-state index contributed by atoms with van der Waals surface area (Å²) in [6.45, 7) is 0.410. The average Bonchev–Trinajstić information content (AvgIpc) is 3.27. The third kappa shape index (κ3) is 4.18. The minimum Gasteiger partial charge on any atom is -0.493 e. The molecule has 1 heterocycles. The maximum Gasteiger partial charge on any atom is 0.252 e. The van der Waals surface area contributed by atoms with E-state index in [4.69, 9.17) is 9.47 Å². The minimum atomic E-state index is -0.137. The van der Waals surface area contributed by atoms with Crippen molar-refractivity contribution in [3.63, 3.8) is 0 Å². The summed E-state index contributed by atoms with van der Waals surface area (Å²) in [7, 11) is 3.27. The van der Waals surface area contributed by atoms with Crippen molar-refractivity contribution in [2.75, 3.05) is 27.0 Å². The molecule has 0 bridgehead atoms. The van der Waals surface area contributed by atoms with Crippen molar-refractivity contribution in [3.8, 4) is 11.5 Å². The number of methoxy groups -OCH3 is 2. The van der Waals surface area contributed by atoms with Crippen LogP contribution in [0.4, 0.5) is 0 Å². The van der Waals surface area contributed by atoms with Crippen molar-refractivity contribution in [3.05, 3.63) is 89.6 Å². The number of para-hydroxylation sites is 2. The van der Waals surface area contributed by atoms with Crippen LogP contribution < -0.4 is 14.8 Å². The number of H-pyrrole nitrogens is 1. The summed E-state index contributed by atoms with van der Waals surface area (Å²) >= 11 is 1.56. The number of benzene rings is 3. The first-order valence-electron chi connectivity index (χ1n) is 10.4. The highest BCUT2D eigenvalue weighted by Crippen LogP contribution is 2.40. The highest BCUT2D eigenvalue weighted by Gasteiger charge is 2.24. The number of amides is 1. The maximum absolute atomic E-state index is 13.1. The lowest BCUT2D eigenvalue weighted by Crippen LogP contribution is -2.29. The molecule has 0 spiro atoms. The first-order valence-corrected chi connectivity index (χ1v) is 11.6. The first-order chi connectivity index (χ1) is 15.7. The van der Waals surface area contributed by atoms with Gasteiger partial charge in [0.15, 0.2) is 11.5 Å². The van der Waals surface area contributed by atoms with Crippen LogP contribution in [-0.2, 0) is 0 Å². The van der Waals surface area contributed by atoms with Crippen molar-refractivity contribution in [2.24, 2.45) is 0 Å². The largest absolute Gasteiger partial charge is 0.493 e. The van der Waals surface area contributed by atoms with E-state index in [1.54, 1.807) is 26.0 Å². The number of thioether (sulfide) groups is 1. The summed E-state index contributed by atoms with van der Waals surface area (Å²) in [6, 6.07) is 21.7. The molecule has 4 aromatic rings. The molecule has 2 N–H and O–H groups in total. The molecule has 1 unspecified atom stereocenters. The monoisotopic (exact) mass is 446 g/mol. The van der Waals surface area contributed by atoms with E-state index >= 15 is 0 Å². The van der Waals surface area contributed by atoms with Crippen LogP contribution >= 0.6 is 11.8 Å². The Morgan fingerprint density at radius 3 is 2.53 bits per heavy atom. The van der Waals surface area contributed by atoms with E-state index in [2.05, 4.69) is 16.4 Å². The van der Waals surface area contributed by atoms with Crippen LogP contribution in [0, 0.1) is 0 Å². The number of carbonyl (C=O) groups is 1. The Balaban J connectivity index is 1.75. The number of hydrogen-bond acceptors (Lipinski definition) is 4. The van der Waals surface area contributed by atoms with Gasteiger partial charge in [0.05, 0.1) is 19.8 Å². The molecule has 0 fully saturated rings. The zero-order valence-corrected chi connectivity index (χ0v) is 19.2. The van der Waals surface area contributed by atoms with Crippen LogP contribution in [-0.4, -0.2) is 37.9 Å².